The standard InChI is InChI=1S/C18H15ClP.C3HCl5O/c19-20(16-10-4-1-5-11-16,17-12-6-2-7-13-17)18-14-8-3-9-15-18;4-2(5)1(9)3(6,7)8/h1-15H;9H/q+1;/p-1. The number of alkyl halides is 3. The zero-order chi connectivity index (χ0) is 21.5. The molecule has 0 radical (unpaired) electrons. The van der Waals surface area contributed by atoms with E-state index in [1.54, 1.807) is 0 Å². The fourth-order valence-electron chi connectivity index (χ4n) is 2.45. The largest absolute Gasteiger partial charge is 0.871 e. The SMILES string of the molecule is Cl[P+](c1ccccc1)(c1ccccc1)c1ccccc1.[O-]C(=C(Cl)Cl)C(Cl)(Cl)Cl. The molecular formula is C21H15Cl6OP. The van der Waals surface area contributed by atoms with Crippen molar-refractivity contribution < 1.29 is 5.11 Å². The summed E-state index contributed by atoms with van der Waals surface area (Å²) in [5.41, 5.74) is 0. The molecule has 0 unspecified atom stereocenters. The van der Waals surface area contributed by atoms with Crippen molar-refractivity contribution in [2.45, 2.75) is 3.79 Å². The lowest BCUT2D eigenvalue weighted by Gasteiger charge is -2.19. The molecule has 0 N–H and O–H groups in total. The van der Waals surface area contributed by atoms with Gasteiger partial charge in [0.05, 0.1) is 4.49 Å². The molecule has 0 fully saturated rings. The molecule has 8 heteroatoms. The maximum absolute atomic E-state index is 10.5. The molecule has 0 saturated heterocycles. The highest BCUT2D eigenvalue weighted by atomic mass is 35.7. The van der Waals surface area contributed by atoms with Gasteiger partial charge in [0.15, 0.2) is 0 Å². The first-order valence-corrected chi connectivity index (χ1v) is 12.8. The van der Waals surface area contributed by atoms with Crippen LogP contribution in [-0.2, 0) is 0 Å². The van der Waals surface area contributed by atoms with Crippen LogP contribution < -0.4 is 21.0 Å². The molecule has 152 valence electrons. The van der Waals surface area contributed by atoms with Gasteiger partial charge in [0, 0.05) is 0 Å². The summed E-state index contributed by atoms with van der Waals surface area (Å²) in [7, 11) is 0. The Bertz CT molecular complexity index is 827. The van der Waals surface area contributed by atoms with Crippen LogP contribution in [0.4, 0.5) is 0 Å². The van der Waals surface area contributed by atoms with Crippen LogP contribution in [0.15, 0.2) is 101 Å². The van der Waals surface area contributed by atoms with Gasteiger partial charge in [0.25, 0.3) is 0 Å². The van der Waals surface area contributed by atoms with Gasteiger partial charge in [0.2, 0.25) is 10.4 Å². The van der Waals surface area contributed by atoms with Gasteiger partial charge in [-0.05, 0) is 42.2 Å². The molecule has 0 spiro atoms. The van der Waals surface area contributed by atoms with Crippen molar-refractivity contribution in [3.63, 3.8) is 0 Å². The van der Waals surface area contributed by atoms with E-state index in [1.165, 1.54) is 15.9 Å². The lowest BCUT2D eigenvalue weighted by Crippen LogP contribution is -2.26. The highest BCUT2D eigenvalue weighted by molar-refractivity contribution is 8.14. The second kappa shape index (κ2) is 11.1. The van der Waals surface area contributed by atoms with E-state index in [4.69, 9.17) is 69.2 Å². The Hall–Kier alpha value is -0.630. The number of rotatable bonds is 3. The predicted molar refractivity (Wildman–Crippen MR) is 130 cm³/mol. The molecule has 3 aromatic carbocycles. The molecule has 0 heterocycles. The molecule has 3 rings (SSSR count). The summed E-state index contributed by atoms with van der Waals surface area (Å²) in [6.07, 6.45) is 0. The van der Waals surface area contributed by atoms with Gasteiger partial charge in [-0.1, -0.05) is 113 Å². The van der Waals surface area contributed by atoms with Gasteiger partial charge in [-0.15, -0.1) is 0 Å². The number of hydrogen-bond acceptors (Lipinski definition) is 1. The van der Waals surface area contributed by atoms with Crippen molar-refractivity contribution in [3.05, 3.63) is 101 Å². The molecule has 0 aliphatic carbocycles. The van der Waals surface area contributed by atoms with Crippen LogP contribution in [0.5, 0.6) is 0 Å². The molecular weight excluding hydrogens is 512 g/mol. The van der Waals surface area contributed by atoms with E-state index < -0.39 is 20.7 Å². The third kappa shape index (κ3) is 6.68. The summed E-state index contributed by atoms with van der Waals surface area (Å²) >= 11 is 32.4. The molecule has 3 aromatic rings. The Labute approximate surface area is 200 Å². The topological polar surface area (TPSA) is 23.1 Å². The highest BCUT2D eigenvalue weighted by Gasteiger charge is 2.44. The van der Waals surface area contributed by atoms with Gasteiger partial charge < -0.3 is 5.11 Å². The van der Waals surface area contributed by atoms with Crippen LogP contribution in [-0.4, -0.2) is 3.79 Å². The second-order valence-corrected chi connectivity index (χ2v) is 13.2. The van der Waals surface area contributed by atoms with Gasteiger partial charge in [0.1, 0.15) is 27.2 Å². The van der Waals surface area contributed by atoms with Gasteiger partial charge in [-0.3, -0.25) is 0 Å². The molecule has 0 aromatic heterocycles. The average molecular weight is 527 g/mol. The summed E-state index contributed by atoms with van der Waals surface area (Å²) in [5.74, 6) is -0.921. The Morgan fingerprint density at radius 3 is 1.07 bits per heavy atom. The summed E-state index contributed by atoms with van der Waals surface area (Å²) in [5, 5.41) is 14.0. The Morgan fingerprint density at radius 1 is 0.621 bits per heavy atom. The molecule has 29 heavy (non-hydrogen) atoms. The predicted octanol–water partition coefficient (Wildman–Crippen LogP) is 6.50. The van der Waals surface area contributed by atoms with E-state index in [0.29, 0.717) is 0 Å². The molecule has 0 bridgehead atoms. The van der Waals surface area contributed by atoms with Crippen molar-refractivity contribution in [2.75, 3.05) is 0 Å². The minimum atomic E-state index is -2.05. The maximum atomic E-state index is 10.5. The quantitative estimate of drug-likeness (QED) is 0.217. The summed E-state index contributed by atoms with van der Waals surface area (Å²) in [6.45, 7) is -2.05. The lowest BCUT2D eigenvalue weighted by atomic mass is 10.4. The normalized spacial score (nSPS) is 11.2. The zero-order valence-electron chi connectivity index (χ0n) is 14.8. The smallest absolute Gasteiger partial charge is 0.210 e. The Morgan fingerprint density at radius 2 is 0.897 bits per heavy atom. The van der Waals surface area contributed by atoms with Gasteiger partial charge in [-0.25, -0.2) is 0 Å². The highest BCUT2D eigenvalue weighted by Crippen LogP contribution is 2.60. The Kier molecular flexibility index (Phi) is 9.45. The van der Waals surface area contributed by atoms with Crippen molar-refractivity contribution in [1.82, 2.24) is 0 Å². The van der Waals surface area contributed by atoms with Crippen LogP contribution in [0.3, 0.4) is 0 Å². The van der Waals surface area contributed by atoms with E-state index in [1.807, 2.05) is 18.2 Å². The van der Waals surface area contributed by atoms with E-state index in [-0.39, 0.29) is 0 Å². The molecule has 0 amide bonds. The van der Waals surface area contributed by atoms with Crippen molar-refractivity contribution in [3.8, 4) is 0 Å². The fourth-order valence-corrected chi connectivity index (χ4v) is 6.97. The van der Waals surface area contributed by atoms with Crippen molar-refractivity contribution in [1.29, 1.82) is 0 Å². The second-order valence-electron chi connectivity index (χ2n) is 5.68. The van der Waals surface area contributed by atoms with Crippen molar-refractivity contribution in [2.24, 2.45) is 0 Å². The van der Waals surface area contributed by atoms with Gasteiger partial charge >= 0.3 is 0 Å². The molecule has 0 aliphatic heterocycles. The first kappa shape index (κ1) is 24.6. The number of halogens is 6. The number of hydrogen-bond donors (Lipinski definition) is 0. The first-order valence-electron chi connectivity index (χ1n) is 8.22. The van der Waals surface area contributed by atoms with E-state index >= 15 is 0 Å². The van der Waals surface area contributed by atoms with Crippen LogP contribution in [0.25, 0.3) is 0 Å². The first-order chi connectivity index (χ1) is 13.7. The fraction of sp³-hybridized carbons (Fsp3) is 0.0476. The van der Waals surface area contributed by atoms with E-state index in [2.05, 4.69) is 72.8 Å². The van der Waals surface area contributed by atoms with Crippen LogP contribution in [0.1, 0.15) is 0 Å². The maximum Gasteiger partial charge on any atom is 0.210 e. The monoisotopic (exact) mass is 524 g/mol. The van der Waals surface area contributed by atoms with Crippen LogP contribution in [0, 0.1) is 0 Å². The summed E-state index contributed by atoms with van der Waals surface area (Å²) in [4.78, 5) is 0. The lowest BCUT2D eigenvalue weighted by molar-refractivity contribution is -0.304. The van der Waals surface area contributed by atoms with Gasteiger partial charge in [-0.2, -0.15) is 0 Å². The number of benzene rings is 3. The summed E-state index contributed by atoms with van der Waals surface area (Å²) in [6, 6.07) is 31.2. The van der Waals surface area contributed by atoms with Crippen LogP contribution >= 0.6 is 75.9 Å². The third-order valence-electron chi connectivity index (χ3n) is 3.77. The zero-order valence-corrected chi connectivity index (χ0v) is 20.2. The minimum absolute atomic E-state index is 0.560. The van der Waals surface area contributed by atoms with Crippen molar-refractivity contribution >= 4 is 91.8 Å². The summed E-state index contributed by atoms with van der Waals surface area (Å²) < 4.78 is -2.60. The van der Waals surface area contributed by atoms with E-state index in [9.17, 15) is 5.11 Å². The van der Waals surface area contributed by atoms with E-state index in [0.717, 1.165) is 0 Å². The Balaban J connectivity index is 0.000000284. The van der Waals surface area contributed by atoms with Crippen LogP contribution in [0.2, 0.25) is 0 Å². The number of allylic oxidation sites excluding steroid dienone is 1. The molecule has 1 nitrogen and oxygen atoms in total. The minimum Gasteiger partial charge on any atom is -0.871 e. The molecule has 0 saturated carbocycles. The third-order valence-corrected chi connectivity index (χ3v) is 9.41. The molecule has 0 aliphatic rings. The molecule has 0 atom stereocenters. The average Bonchev–Trinajstić information content (AvgIpc) is 2.74.